The molecule has 0 fully saturated rings. The standard InChI is InChI=1S/C10H12N2O2/c1-6-8-4-7(13-2)5-9(14-3)10(8)12-11-6/h4-5H,1-3H3,(H,11,12). The van der Waals surface area contributed by atoms with Crippen LogP contribution in [0.4, 0.5) is 0 Å². The second kappa shape index (κ2) is 3.21. The van der Waals surface area contributed by atoms with Crippen molar-refractivity contribution >= 4 is 10.9 Å². The number of benzene rings is 1. The third-order valence-electron chi connectivity index (χ3n) is 2.24. The summed E-state index contributed by atoms with van der Waals surface area (Å²) in [7, 11) is 3.26. The highest BCUT2D eigenvalue weighted by atomic mass is 16.5. The van der Waals surface area contributed by atoms with Gasteiger partial charge in [0.1, 0.15) is 11.3 Å². The Morgan fingerprint density at radius 1 is 1.21 bits per heavy atom. The van der Waals surface area contributed by atoms with E-state index >= 15 is 0 Å². The minimum atomic E-state index is 0.726. The highest BCUT2D eigenvalue weighted by Crippen LogP contribution is 2.30. The van der Waals surface area contributed by atoms with Gasteiger partial charge in [0.05, 0.1) is 14.2 Å². The van der Waals surface area contributed by atoms with Crippen LogP contribution in [-0.2, 0) is 0 Å². The van der Waals surface area contributed by atoms with Gasteiger partial charge in [0.2, 0.25) is 0 Å². The zero-order chi connectivity index (χ0) is 10.1. The van der Waals surface area contributed by atoms with Crippen molar-refractivity contribution in [2.45, 2.75) is 6.92 Å². The van der Waals surface area contributed by atoms with Crippen LogP contribution < -0.4 is 9.47 Å². The van der Waals surface area contributed by atoms with Crippen molar-refractivity contribution < 1.29 is 9.47 Å². The Balaban J connectivity index is 2.76. The van der Waals surface area contributed by atoms with Gasteiger partial charge in [-0.3, -0.25) is 5.10 Å². The predicted molar refractivity (Wildman–Crippen MR) is 53.9 cm³/mol. The predicted octanol–water partition coefficient (Wildman–Crippen LogP) is 1.89. The van der Waals surface area contributed by atoms with Gasteiger partial charge < -0.3 is 9.47 Å². The van der Waals surface area contributed by atoms with Gasteiger partial charge in [0, 0.05) is 17.1 Å². The lowest BCUT2D eigenvalue weighted by Crippen LogP contribution is -1.88. The van der Waals surface area contributed by atoms with Gasteiger partial charge in [-0.1, -0.05) is 0 Å². The van der Waals surface area contributed by atoms with Crippen LogP contribution in [0.15, 0.2) is 12.1 Å². The number of methoxy groups -OCH3 is 2. The summed E-state index contributed by atoms with van der Waals surface area (Å²) in [5.74, 6) is 1.50. The Bertz CT molecular complexity index is 462. The fraction of sp³-hybridized carbons (Fsp3) is 0.300. The molecular weight excluding hydrogens is 180 g/mol. The molecule has 0 saturated carbocycles. The topological polar surface area (TPSA) is 47.1 Å². The molecule has 0 unspecified atom stereocenters. The molecule has 74 valence electrons. The summed E-state index contributed by atoms with van der Waals surface area (Å²) >= 11 is 0. The molecule has 0 saturated heterocycles. The fourth-order valence-corrected chi connectivity index (χ4v) is 1.46. The Hall–Kier alpha value is -1.71. The molecule has 0 spiro atoms. The Kier molecular flexibility index (Phi) is 2.04. The van der Waals surface area contributed by atoms with Gasteiger partial charge in [0.15, 0.2) is 5.75 Å². The summed E-state index contributed by atoms with van der Waals surface area (Å²) in [4.78, 5) is 0. The van der Waals surface area contributed by atoms with E-state index in [9.17, 15) is 0 Å². The molecule has 0 bridgehead atoms. The number of nitrogens with one attached hydrogen (secondary N) is 1. The van der Waals surface area contributed by atoms with E-state index in [1.807, 2.05) is 19.1 Å². The molecule has 2 aromatic rings. The summed E-state index contributed by atoms with van der Waals surface area (Å²) in [5, 5.41) is 8.10. The van der Waals surface area contributed by atoms with Crippen LogP contribution in [0, 0.1) is 6.92 Å². The molecule has 1 N–H and O–H groups in total. The maximum atomic E-state index is 5.22. The van der Waals surface area contributed by atoms with Crippen LogP contribution in [0.1, 0.15) is 5.69 Å². The number of aromatic nitrogens is 2. The Morgan fingerprint density at radius 3 is 2.64 bits per heavy atom. The van der Waals surface area contributed by atoms with Crippen molar-refractivity contribution in [2.75, 3.05) is 14.2 Å². The Labute approximate surface area is 81.8 Å². The number of hydrogen-bond donors (Lipinski definition) is 1. The van der Waals surface area contributed by atoms with Gasteiger partial charge in [-0.25, -0.2) is 0 Å². The van der Waals surface area contributed by atoms with Gasteiger partial charge >= 0.3 is 0 Å². The number of ether oxygens (including phenoxy) is 2. The minimum Gasteiger partial charge on any atom is -0.497 e. The van der Waals surface area contributed by atoms with Gasteiger partial charge in [-0.05, 0) is 13.0 Å². The maximum absolute atomic E-state index is 5.22. The van der Waals surface area contributed by atoms with Crippen LogP contribution in [0.2, 0.25) is 0 Å². The van der Waals surface area contributed by atoms with E-state index in [4.69, 9.17) is 9.47 Å². The van der Waals surface area contributed by atoms with E-state index in [1.165, 1.54) is 0 Å². The normalized spacial score (nSPS) is 10.5. The first-order valence-electron chi connectivity index (χ1n) is 4.33. The van der Waals surface area contributed by atoms with Crippen molar-refractivity contribution in [3.8, 4) is 11.5 Å². The summed E-state index contributed by atoms with van der Waals surface area (Å²) in [6.45, 7) is 1.97. The molecule has 0 aliphatic carbocycles. The first kappa shape index (κ1) is 8.87. The first-order chi connectivity index (χ1) is 6.76. The molecule has 14 heavy (non-hydrogen) atoms. The van der Waals surface area contributed by atoms with E-state index in [0.29, 0.717) is 0 Å². The third kappa shape index (κ3) is 1.19. The van der Waals surface area contributed by atoms with Gasteiger partial charge in [-0.2, -0.15) is 5.10 Å². The molecule has 0 atom stereocenters. The second-order valence-corrected chi connectivity index (χ2v) is 3.07. The van der Waals surface area contributed by atoms with Crippen molar-refractivity contribution in [3.63, 3.8) is 0 Å². The van der Waals surface area contributed by atoms with E-state index in [2.05, 4.69) is 10.2 Å². The maximum Gasteiger partial charge on any atom is 0.150 e. The summed E-state index contributed by atoms with van der Waals surface area (Å²) in [6, 6.07) is 3.76. The molecular formula is C10H12N2O2. The molecule has 2 rings (SSSR count). The number of fused-ring (bicyclic) bond motifs is 1. The summed E-state index contributed by atoms with van der Waals surface area (Å²) in [6.07, 6.45) is 0. The average molecular weight is 192 g/mol. The SMILES string of the molecule is COc1cc(OC)c2n[nH]c(C)c2c1. The molecule has 0 radical (unpaired) electrons. The lowest BCUT2D eigenvalue weighted by Gasteiger charge is -2.04. The van der Waals surface area contributed by atoms with E-state index in [0.717, 1.165) is 28.1 Å². The molecule has 1 aromatic carbocycles. The number of H-pyrrole nitrogens is 1. The lowest BCUT2D eigenvalue weighted by atomic mass is 10.2. The van der Waals surface area contributed by atoms with Crippen LogP contribution in [0.3, 0.4) is 0 Å². The van der Waals surface area contributed by atoms with Gasteiger partial charge in [0.25, 0.3) is 0 Å². The average Bonchev–Trinajstić information content (AvgIpc) is 2.59. The number of aromatic amines is 1. The molecule has 0 aliphatic heterocycles. The van der Waals surface area contributed by atoms with Crippen molar-refractivity contribution in [3.05, 3.63) is 17.8 Å². The number of hydrogen-bond acceptors (Lipinski definition) is 3. The first-order valence-corrected chi connectivity index (χ1v) is 4.33. The zero-order valence-corrected chi connectivity index (χ0v) is 8.42. The highest BCUT2D eigenvalue weighted by molar-refractivity contribution is 5.88. The van der Waals surface area contributed by atoms with Crippen molar-refractivity contribution in [1.29, 1.82) is 0 Å². The van der Waals surface area contributed by atoms with Crippen LogP contribution in [-0.4, -0.2) is 24.4 Å². The second-order valence-electron chi connectivity index (χ2n) is 3.07. The quantitative estimate of drug-likeness (QED) is 0.790. The minimum absolute atomic E-state index is 0.726. The van der Waals surface area contributed by atoms with Crippen molar-refractivity contribution in [2.24, 2.45) is 0 Å². The van der Waals surface area contributed by atoms with E-state index in [-0.39, 0.29) is 0 Å². The molecule has 0 amide bonds. The largest absolute Gasteiger partial charge is 0.497 e. The Morgan fingerprint density at radius 2 is 2.00 bits per heavy atom. The number of nitrogens with zero attached hydrogens (tertiary/aromatic N) is 1. The molecule has 4 heteroatoms. The van der Waals surface area contributed by atoms with Crippen LogP contribution in [0.5, 0.6) is 11.5 Å². The van der Waals surface area contributed by atoms with Crippen LogP contribution >= 0.6 is 0 Å². The molecule has 4 nitrogen and oxygen atoms in total. The third-order valence-corrected chi connectivity index (χ3v) is 2.24. The molecule has 0 aliphatic rings. The zero-order valence-electron chi connectivity index (χ0n) is 8.42. The van der Waals surface area contributed by atoms with E-state index < -0.39 is 0 Å². The highest BCUT2D eigenvalue weighted by Gasteiger charge is 2.09. The van der Waals surface area contributed by atoms with Gasteiger partial charge in [-0.15, -0.1) is 0 Å². The summed E-state index contributed by atoms with van der Waals surface area (Å²) < 4.78 is 10.4. The smallest absolute Gasteiger partial charge is 0.150 e. The van der Waals surface area contributed by atoms with E-state index in [1.54, 1.807) is 14.2 Å². The molecule has 1 heterocycles. The number of rotatable bonds is 2. The number of aryl methyl sites for hydroxylation is 1. The molecule has 1 aromatic heterocycles. The monoisotopic (exact) mass is 192 g/mol. The van der Waals surface area contributed by atoms with Crippen molar-refractivity contribution in [1.82, 2.24) is 10.2 Å². The van der Waals surface area contributed by atoms with Crippen LogP contribution in [0.25, 0.3) is 10.9 Å². The summed E-state index contributed by atoms with van der Waals surface area (Å²) in [5.41, 5.74) is 1.85. The fourth-order valence-electron chi connectivity index (χ4n) is 1.46. The lowest BCUT2D eigenvalue weighted by molar-refractivity contribution is 0.397.